The van der Waals surface area contributed by atoms with E-state index in [1.165, 1.54) is 12.8 Å². The molecule has 7 atom stereocenters. The first-order valence-corrected chi connectivity index (χ1v) is 9.49. The molecular weight excluding hydrogens is 286 g/mol. The van der Waals surface area contributed by atoms with Crippen molar-refractivity contribution < 1.29 is 9.90 Å². The standard InChI is InChI=1S/C20H29NO2/c1-18-8-5-14(22)11-13(18)3-4-15-16(18)6-9-19(2)17(15)7-10-20(19,23)12-21/h13,15-17,23H,3-11H2,1-2H3. The zero-order chi connectivity index (χ0) is 16.5. The first-order chi connectivity index (χ1) is 10.8. The van der Waals surface area contributed by atoms with Gasteiger partial charge in [-0.1, -0.05) is 13.8 Å². The summed E-state index contributed by atoms with van der Waals surface area (Å²) in [5, 5.41) is 20.4. The molecular formula is C20H29NO2. The van der Waals surface area contributed by atoms with Crippen LogP contribution in [0, 0.1) is 45.8 Å². The maximum Gasteiger partial charge on any atom is 0.156 e. The summed E-state index contributed by atoms with van der Waals surface area (Å²) in [7, 11) is 0. The molecule has 4 fully saturated rings. The van der Waals surface area contributed by atoms with Gasteiger partial charge in [-0.2, -0.15) is 5.26 Å². The fourth-order valence-electron chi connectivity index (χ4n) is 7.25. The largest absolute Gasteiger partial charge is 0.375 e. The minimum atomic E-state index is -1.12. The van der Waals surface area contributed by atoms with Crippen molar-refractivity contribution in [2.24, 2.45) is 34.5 Å². The van der Waals surface area contributed by atoms with Crippen LogP contribution in [0.25, 0.3) is 0 Å². The van der Waals surface area contributed by atoms with Crippen molar-refractivity contribution >= 4 is 5.78 Å². The van der Waals surface area contributed by atoms with Crippen LogP contribution in [0.4, 0.5) is 0 Å². The Morgan fingerprint density at radius 2 is 1.83 bits per heavy atom. The fourth-order valence-corrected chi connectivity index (χ4v) is 7.25. The van der Waals surface area contributed by atoms with E-state index in [4.69, 9.17) is 0 Å². The number of hydrogen-bond acceptors (Lipinski definition) is 3. The number of nitrogens with zero attached hydrogens (tertiary/aromatic N) is 1. The molecule has 3 heteroatoms. The minimum Gasteiger partial charge on any atom is -0.375 e. The molecule has 126 valence electrons. The van der Waals surface area contributed by atoms with Crippen LogP contribution in [-0.4, -0.2) is 16.5 Å². The molecule has 0 aromatic rings. The maximum atomic E-state index is 11.9. The van der Waals surface area contributed by atoms with E-state index in [1.54, 1.807) is 0 Å². The SMILES string of the molecule is CC12CCC(=O)CC1CCC1C2CCC2(C)C1CCC2(O)C#N. The molecule has 3 nitrogen and oxygen atoms in total. The maximum absolute atomic E-state index is 11.9. The fraction of sp³-hybridized carbons (Fsp3) is 0.900. The lowest BCUT2D eigenvalue weighted by molar-refractivity contribution is -0.147. The molecule has 0 spiro atoms. The van der Waals surface area contributed by atoms with Gasteiger partial charge in [0.25, 0.3) is 0 Å². The minimum absolute atomic E-state index is 0.226. The van der Waals surface area contributed by atoms with Crippen molar-refractivity contribution in [1.82, 2.24) is 0 Å². The second-order valence-corrected chi connectivity index (χ2v) is 9.37. The van der Waals surface area contributed by atoms with Crippen molar-refractivity contribution in [3.63, 3.8) is 0 Å². The number of rotatable bonds is 0. The Kier molecular flexibility index (Phi) is 3.28. The Hall–Kier alpha value is -0.880. The summed E-state index contributed by atoms with van der Waals surface area (Å²) in [6.45, 7) is 4.61. The van der Waals surface area contributed by atoms with Crippen molar-refractivity contribution in [3.8, 4) is 6.07 Å². The Morgan fingerprint density at radius 3 is 2.57 bits per heavy atom. The lowest BCUT2D eigenvalue weighted by Gasteiger charge is -2.60. The number of nitriles is 1. The summed E-state index contributed by atoms with van der Waals surface area (Å²) in [5.74, 6) is 2.86. The van der Waals surface area contributed by atoms with Gasteiger partial charge in [0.15, 0.2) is 5.60 Å². The number of ketones is 1. The number of carbonyl (C=O) groups is 1. The van der Waals surface area contributed by atoms with Gasteiger partial charge in [0.1, 0.15) is 5.78 Å². The van der Waals surface area contributed by atoms with E-state index in [1.807, 2.05) is 0 Å². The third kappa shape index (κ3) is 1.88. The summed E-state index contributed by atoms with van der Waals surface area (Å²) in [6, 6.07) is 2.26. The van der Waals surface area contributed by atoms with Gasteiger partial charge in [-0.25, -0.2) is 0 Å². The molecule has 0 bridgehead atoms. The predicted molar refractivity (Wildman–Crippen MR) is 87.3 cm³/mol. The van der Waals surface area contributed by atoms with E-state index in [9.17, 15) is 15.2 Å². The lowest BCUT2D eigenvalue weighted by Crippen LogP contribution is -2.56. The average molecular weight is 315 g/mol. The Morgan fingerprint density at radius 1 is 1.09 bits per heavy atom. The smallest absolute Gasteiger partial charge is 0.156 e. The molecule has 0 amide bonds. The molecule has 4 aliphatic rings. The molecule has 0 heterocycles. The summed E-state index contributed by atoms with van der Waals surface area (Å²) < 4.78 is 0. The Bertz CT molecular complexity index is 581. The van der Waals surface area contributed by atoms with Crippen LogP contribution in [0.1, 0.15) is 71.6 Å². The molecule has 4 aliphatic carbocycles. The third-order valence-corrected chi connectivity index (χ3v) is 8.82. The van der Waals surface area contributed by atoms with Crippen LogP contribution in [0.5, 0.6) is 0 Å². The molecule has 4 rings (SSSR count). The van der Waals surface area contributed by atoms with Crippen LogP contribution in [0.3, 0.4) is 0 Å². The topological polar surface area (TPSA) is 61.1 Å². The number of hydrogen-bond donors (Lipinski definition) is 1. The highest BCUT2D eigenvalue weighted by Crippen LogP contribution is 2.67. The van der Waals surface area contributed by atoms with Crippen LogP contribution in [-0.2, 0) is 4.79 Å². The molecule has 0 aromatic carbocycles. The van der Waals surface area contributed by atoms with Gasteiger partial charge in [0.2, 0.25) is 0 Å². The van der Waals surface area contributed by atoms with Gasteiger partial charge >= 0.3 is 0 Å². The highest BCUT2D eigenvalue weighted by Gasteiger charge is 2.64. The molecule has 0 saturated heterocycles. The molecule has 0 aliphatic heterocycles. The lowest BCUT2D eigenvalue weighted by atomic mass is 9.44. The van der Waals surface area contributed by atoms with Gasteiger partial charge in [0.05, 0.1) is 6.07 Å². The summed E-state index contributed by atoms with van der Waals surface area (Å²) in [4.78, 5) is 11.9. The second-order valence-electron chi connectivity index (χ2n) is 9.37. The average Bonchev–Trinajstić information content (AvgIpc) is 2.80. The van der Waals surface area contributed by atoms with Gasteiger partial charge in [-0.05, 0) is 74.0 Å². The quantitative estimate of drug-likeness (QED) is 0.691. The van der Waals surface area contributed by atoms with Gasteiger partial charge < -0.3 is 5.11 Å². The Labute approximate surface area is 139 Å². The third-order valence-electron chi connectivity index (χ3n) is 8.82. The summed E-state index contributed by atoms with van der Waals surface area (Å²) in [5.41, 5.74) is -1.04. The molecule has 7 unspecified atom stereocenters. The van der Waals surface area contributed by atoms with Crippen molar-refractivity contribution in [1.29, 1.82) is 5.26 Å². The molecule has 1 N–H and O–H groups in total. The van der Waals surface area contributed by atoms with E-state index in [0.29, 0.717) is 41.3 Å². The van der Waals surface area contributed by atoms with E-state index >= 15 is 0 Å². The highest BCUT2D eigenvalue weighted by atomic mass is 16.3. The molecule has 23 heavy (non-hydrogen) atoms. The molecule has 0 radical (unpaired) electrons. The summed E-state index contributed by atoms with van der Waals surface area (Å²) in [6.07, 6.45) is 8.73. The van der Waals surface area contributed by atoms with Crippen molar-refractivity contribution in [2.45, 2.75) is 77.2 Å². The zero-order valence-electron chi connectivity index (χ0n) is 14.5. The predicted octanol–water partition coefficient (Wildman–Crippen LogP) is 3.85. The van der Waals surface area contributed by atoms with Crippen LogP contribution >= 0.6 is 0 Å². The number of aliphatic hydroxyl groups is 1. The monoisotopic (exact) mass is 315 g/mol. The summed E-state index contributed by atoms with van der Waals surface area (Å²) >= 11 is 0. The highest BCUT2D eigenvalue weighted by molar-refractivity contribution is 5.79. The van der Waals surface area contributed by atoms with Gasteiger partial charge in [-0.3, -0.25) is 4.79 Å². The zero-order valence-corrected chi connectivity index (χ0v) is 14.5. The van der Waals surface area contributed by atoms with E-state index in [-0.39, 0.29) is 5.41 Å². The van der Waals surface area contributed by atoms with Crippen LogP contribution < -0.4 is 0 Å². The molecule has 4 saturated carbocycles. The van der Waals surface area contributed by atoms with E-state index < -0.39 is 5.60 Å². The normalized spacial score (nSPS) is 55.5. The van der Waals surface area contributed by atoms with E-state index in [2.05, 4.69) is 19.9 Å². The van der Waals surface area contributed by atoms with Gasteiger partial charge in [-0.15, -0.1) is 0 Å². The van der Waals surface area contributed by atoms with Crippen LogP contribution in [0.2, 0.25) is 0 Å². The van der Waals surface area contributed by atoms with Crippen molar-refractivity contribution in [2.75, 3.05) is 0 Å². The second kappa shape index (κ2) is 4.82. The van der Waals surface area contributed by atoms with Gasteiger partial charge in [0, 0.05) is 18.3 Å². The number of carbonyl (C=O) groups excluding carboxylic acids is 1. The first kappa shape index (κ1) is 15.6. The first-order valence-electron chi connectivity index (χ1n) is 9.49. The molecule has 0 aromatic heterocycles. The van der Waals surface area contributed by atoms with E-state index in [0.717, 1.165) is 38.5 Å². The number of Topliss-reactive ketones (excluding diaryl/α,β-unsaturated/α-hetero) is 1. The number of fused-ring (bicyclic) bond motifs is 5. The van der Waals surface area contributed by atoms with Crippen molar-refractivity contribution in [3.05, 3.63) is 0 Å². The Balaban J connectivity index is 1.66. The van der Waals surface area contributed by atoms with Crippen LogP contribution in [0.15, 0.2) is 0 Å².